The maximum Gasteiger partial charge on any atom is 0.0558 e. The first kappa shape index (κ1) is 16.9. The maximum atomic E-state index is 8.94. The Labute approximate surface area is 108 Å². The zero-order valence-corrected chi connectivity index (χ0v) is 12.1. The molecule has 0 spiro atoms. The Balaban J connectivity index is 3.23. The minimum absolute atomic E-state index is 0.303. The molecule has 0 fully saturated rings. The highest BCUT2D eigenvalue weighted by Gasteiger charge is 2.01. The SMILES string of the molecule is CCCCCCCCCCN(CCC)CCO. The molecule has 0 unspecified atom stereocenters. The van der Waals surface area contributed by atoms with Crippen molar-refractivity contribution in [2.75, 3.05) is 26.2 Å². The summed E-state index contributed by atoms with van der Waals surface area (Å²) in [5.41, 5.74) is 0. The Bertz CT molecular complexity index is 133. The number of aliphatic hydroxyl groups excluding tert-OH is 1. The van der Waals surface area contributed by atoms with Crippen LogP contribution in [-0.4, -0.2) is 36.2 Å². The van der Waals surface area contributed by atoms with E-state index in [1.54, 1.807) is 0 Å². The van der Waals surface area contributed by atoms with E-state index >= 15 is 0 Å². The molecular weight excluding hydrogens is 210 g/mol. The molecule has 0 aromatic heterocycles. The van der Waals surface area contributed by atoms with Gasteiger partial charge in [-0.25, -0.2) is 0 Å². The summed E-state index contributed by atoms with van der Waals surface area (Å²) in [5, 5.41) is 8.94. The Morgan fingerprint density at radius 1 is 0.647 bits per heavy atom. The van der Waals surface area contributed by atoms with E-state index in [2.05, 4.69) is 18.7 Å². The zero-order valence-electron chi connectivity index (χ0n) is 12.1. The molecule has 0 aromatic rings. The quantitative estimate of drug-likeness (QED) is 0.497. The van der Waals surface area contributed by atoms with Crippen molar-refractivity contribution >= 4 is 0 Å². The van der Waals surface area contributed by atoms with E-state index in [0.29, 0.717) is 6.61 Å². The first-order valence-electron chi connectivity index (χ1n) is 7.68. The van der Waals surface area contributed by atoms with Gasteiger partial charge < -0.3 is 10.0 Å². The highest BCUT2D eigenvalue weighted by molar-refractivity contribution is 4.56. The molecule has 0 rings (SSSR count). The van der Waals surface area contributed by atoms with Crippen LogP contribution < -0.4 is 0 Å². The Morgan fingerprint density at radius 3 is 1.76 bits per heavy atom. The molecule has 2 heteroatoms. The molecule has 0 heterocycles. The molecule has 0 saturated heterocycles. The van der Waals surface area contributed by atoms with Gasteiger partial charge in [0.05, 0.1) is 6.61 Å². The number of rotatable bonds is 13. The molecule has 0 amide bonds. The van der Waals surface area contributed by atoms with Gasteiger partial charge in [0.2, 0.25) is 0 Å². The van der Waals surface area contributed by atoms with Gasteiger partial charge in [0, 0.05) is 6.54 Å². The lowest BCUT2D eigenvalue weighted by Crippen LogP contribution is -2.28. The van der Waals surface area contributed by atoms with Crippen LogP contribution in [0.15, 0.2) is 0 Å². The minimum atomic E-state index is 0.303. The molecule has 2 nitrogen and oxygen atoms in total. The molecule has 104 valence electrons. The summed E-state index contributed by atoms with van der Waals surface area (Å²) >= 11 is 0. The second-order valence-electron chi connectivity index (χ2n) is 5.04. The van der Waals surface area contributed by atoms with Crippen LogP contribution in [0.2, 0.25) is 0 Å². The van der Waals surface area contributed by atoms with Crippen molar-refractivity contribution in [3.05, 3.63) is 0 Å². The topological polar surface area (TPSA) is 23.5 Å². The Hall–Kier alpha value is -0.0800. The summed E-state index contributed by atoms with van der Waals surface area (Å²) in [6, 6.07) is 0. The Morgan fingerprint density at radius 2 is 1.24 bits per heavy atom. The van der Waals surface area contributed by atoms with Crippen molar-refractivity contribution in [3.63, 3.8) is 0 Å². The summed E-state index contributed by atoms with van der Waals surface area (Å²) in [6.07, 6.45) is 12.2. The van der Waals surface area contributed by atoms with E-state index < -0.39 is 0 Å². The third-order valence-corrected chi connectivity index (χ3v) is 3.28. The number of aliphatic hydroxyl groups is 1. The number of unbranched alkanes of at least 4 members (excludes halogenated alkanes) is 7. The zero-order chi connectivity index (χ0) is 12.8. The third kappa shape index (κ3) is 12.2. The summed E-state index contributed by atoms with van der Waals surface area (Å²) in [4.78, 5) is 2.39. The van der Waals surface area contributed by atoms with Crippen LogP contribution in [-0.2, 0) is 0 Å². The molecule has 0 bridgehead atoms. The van der Waals surface area contributed by atoms with Gasteiger partial charge in [-0.2, -0.15) is 0 Å². The highest BCUT2D eigenvalue weighted by Crippen LogP contribution is 2.08. The molecule has 0 radical (unpaired) electrons. The van der Waals surface area contributed by atoms with E-state index in [9.17, 15) is 0 Å². The molecule has 0 aliphatic heterocycles. The lowest BCUT2D eigenvalue weighted by atomic mass is 10.1. The third-order valence-electron chi connectivity index (χ3n) is 3.28. The van der Waals surface area contributed by atoms with Crippen LogP contribution in [0.4, 0.5) is 0 Å². The fourth-order valence-corrected chi connectivity index (χ4v) is 2.26. The van der Waals surface area contributed by atoms with Gasteiger partial charge in [0.1, 0.15) is 0 Å². The normalized spacial score (nSPS) is 11.3. The van der Waals surface area contributed by atoms with Gasteiger partial charge in [0.25, 0.3) is 0 Å². The highest BCUT2D eigenvalue weighted by atomic mass is 16.3. The molecule has 0 saturated carbocycles. The number of nitrogens with zero attached hydrogens (tertiary/aromatic N) is 1. The van der Waals surface area contributed by atoms with Gasteiger partial charge >= 0.3 is 0 Å². The minimum Gasteiger partial charge on any atom is -0.395 e. The van der Waals surface area contributed by atoms with Gasteiger partial charge in [-0.05, 0) is 25.9 Å². The standard InChI is InChI=1S/C15H33NO/c1-3-5-6-7-8-9-10-11-13-16(12-4-2)14-15-17/h17H,3-15H2,1-2H3. The fourth-order valence-electron chi connectivity index (χ4n) is 2.26. The van der Waals surface area contributed by atoms with Gasteiger partial charge in [0.15, 0.2) is 0 Å². The van der Waals surface area contributed by atoms with E-state index in [1.807, 2.05) is 0 Å². The van der Waals surface area contributed by atoms with Crippen molar-refractivity contribution in [2.45, 2.75) is 71.6 Å². The second kappa shape index (κ2) is 14.0. The van der Waals surface area contributed by atoms with Crippen LogP contribution in [0, 0.1) is 0 Å². The van der Waals surface area contributed by atoms with E-state index in [4.69, 9.17) is 5.11 Å². The summed E-state index contributed by atoms with van der Waals surface area (Å²) in [6.45, 7) is 7.93. The summed E-state index contributed by atoms with van der Waals surface area (Å²) < 4.78 is 0. The molecule has 0 aromatic carbocycles. The average molecular weight is 243 g/mol. The predicted octanol–water partition coefficient (Wildman–Crippen LogP) is 3.83. The van der Waals surface area contributed by atoms with E-state index in [0.717, 1.165) is 13.1 Å². The van der Waals surface area contributed by atoms with Crippen molar-refractivity contribution in [1.82, 2.24) is 4.90 Å². The van der Waals surface area contributed by atoms with Gasteiger partial charge in [-0.15, -0.1) is 0 Å². The lowest BCUT2D eigenvalue weighted by molar-refractivity contribution is 0.193. The van der Waals surface area contributed by atoms with Crippen LogP contribution in [0.1, 0.15) is 71.6 Å². The van der Waals surface area contributed by atoms with Crippen molar-refractivity contribution in [2.24, 2.45) is 0 Å². The Kier molecular flexibility index (Phi) is 13.9. The predicted molar refractivity (Wildman–Crippen MR) is 76.4 cm³/mol. The first-order valence-corrected chi connectivity index (χ1v) is 7.68. The van der Waals surface area contributed by atoms with Crippen molar-refractivity contribution in [3.8, 4) is 0 Å². The molecule has 0 atom stereocenters. The van der Waals surface area contributed by atoms with Crippen molar-refractivity contribution in [1.29, 1.82) is 0 Å². The lowest BCUT2D eigenvalue weighted by Gasteiger charge is -2.20. The number of hydrogen-bond acceptors (Lipinski definition) is 2. The summed E-state index contributed by atoms with van der Waals surface area (Å²) in [7, 11) is 0. The average Bonchev–Trinajstić information content (AvgIpc) is 2.33. The molecule has 0 aliphatic rings. The van der Waals surface area contributed by atoms with E-state index in [1.165, 1.54) is 64.3 Å². The molecular formula is C15H33NO. The fraction of sp³-hybridized carbons (Fsp3) is 1.00. The summed E-state index contributed by atoms with van der Waals surface area (Å²) in [5.74, 6) is 0. The maximum absolute atomic E-state index is 8.94. The second-order valence-corrected chi connectivity index (χ2v) is 5.04. The molecule has 0 aliphatic carbocycles. The molecule has 17 heavy (non-hydrogen) atoms. The van der Waals surface area contributed by atoms with Gasteiger partial charge in [-0.1, -0.05) is 58.8 Å². The largest absolute Gasteiger partial charge is 0.395 e. The van der Waals surface area contributed by atoms with Crippen LogP contribution >= 0.6 is 0 Å². The van der Waals surface area contributed by atoms with Crippen LogP contribution in [0.5, 0.6) is 0 Å². The smallest absolute Gasteiger partial charge is 0.0558 e. The first-order chi connectivity index (χ1) is 8.35. The monoisotopic (exact) mass is 243 g/mol. The molecule has 1 N–H and O–H groups in total. The van der Waals surface area contributed by atoms with Crippen molar-refractivity contribution < 1.29 is 5.11 Å². The van der Waals surface area contributed by atoms with Crippen LogP contribution in [0.25, 0.3) is 0 Å². The number of hydrogen-bond donors (Lipinski definition) is 1. The van der Waals surface area contributed by atoms with Crippen LogP contribution in [0.3, 0.4) is 0 Å². The van der Waals surface area contributed by atoms with E-state index in [-0.39, 0.29) is 0 Å². The van der Waals surface area contributed by atoms with Gasteiger partial charge in [-0.3, -0.25) is 0 Å².